The van der Waals surface area contributed by atoms with Crippen LogP contribution in [0.5, 0.6) is 0 Å². The second kappa shape index (κ2) is 6.57. The summed E-state index contributed by atoms with van der Waals surface area (Å²) in [5, 5.41) is 0.547. The Morgan fingerprint density at radius 2 is 2.04 bits per heavy atom. The quantitative estimate of drug-likeness (QED) is 0.793. The zero-order chi connectivity index (χ0) is 17.3. The lowest BCUT2D eigenvalue weighted by Gasteiger charge is -2.08. The van der Waals surface area contributed by atoms with E-state index in [0.29, 0.717) is 10.2 Å². The molecule has 0 saturated heterocycles. The van der Waals surface area contributed by atoms with Crippen LogP contribution in [0, 0.1) is 13.8 Å². The van der Waals surface area contributed by atoms with Crippen molar-refractivity contribution in [2.24, 2.45) is 0 Å². The van der Waals surface area contributed by atoms with Gasteiger partial charge in [-0.05, 0) is 43.0 Å². The molecule has 0 aliphatic rings. The van der Waals surface area contributed by atoms with Crippen molar-refractivity contribution < 1.29 is 4.79 Å². The van der Waals surface area contributed by atoms with E-state index in [1.807, 2.05) is 45.0 Å². The molecule has 1 N–H and O–H groups in total. The summed E-state index contributed by atoms with van der Waals surface area (Å²) < 4.78 is 1.16. The van der Waals surface area contributed by atoms with Gasteiger partial charge in [0.15, 0.2) is 0 Å². The lowest BCUT2D eigenvalue weighted by molar-refractivity contribution is -0.116. The van der Waals surface area contributed by atoms with Crippen LogP contribution in [0.4, 0.5) is 0 Å². The molecule has 0 atom stereocenters. The molecule has 2 heterocycles. The fourth-order valence-electron chi connectivity index (χ4n) is 2.50. The summed E-state index contributed by atoms with van der Waals surface area (Å²) in [6, 6.07) is 7.76. The van der Waals surface area contributed by atoms with Crippen molar-refractivity contribution in [2.45, 2.75) is 33.6 Å². The summed E-state index contributed by atoms with van der Waals surface area (Å²) in [6.45, 7) is 6.08. The molecule has 5 nitrogen and oxygen atoms in total. The number of aryl methyl sites for hydroxylation is 3. The second-order valence-electron chi connectivity index (χ2n) is 5.84. The highest BCUT2D eigenvalue weighted by atomic mass is 32.1. The third kappa shape index (κ3) is 3.23. The van der Waals surface area contributed by atoms with Crippen molar-refractivity contribution in [3.8, 4) is 0 Å². The molecule has 0 aliphatic heterocycles. The molecule has 6 heteroatoms. The van der Waals surface area contributed by atoms with Crippen molar-refractivity contribution >= 4 is 27.5 Å². The van der Waals surface area contributed by atoms with Crippen molar-refractivity contribution in [2.75, 3.05) is 5.43 Å². The standard InChI is InChI=1S/C18H19N3O2S/c1-4-14-9-15-17(24-14)19-10-21(18(15)23)20-16(22)8-13-6-5-11(2)12(3)7-13/h5-7,9-10H,4,8H2,1-3H3,(H,20,22). The third-order valence-corrected chi connectivity index (χ3v) is 5.22. The molecule has 0 unspecified atom stereocenters. The number of thiophene rings is 1. The largest absolute Gasteiger partial charge is 0.280 e. The van der Waals surface area contributed by atoms with Crippen LogP contribution in [0.3, 0.4) is 0 Å². The molecule has 24 heavy (non-hydrogen) atoms. The minimum atomic E-state index is -0.246. The predicted octanol–water partition coefficient (Wildman–Crippen LogP) is 2.95. The Bertz CT molecular complexity index is 972. The van der Waals surface area contributed by atoms with Crippen molar-refractivity contribution in [1.82, 2.24) is 9.66 Å². The monoisotopic (exact) mass is 341 g/mol. The summed E-state index contributed by atoms with van der Waals surface area (Å²) in [5.41, 5.74) is 5.63. The normalized spacial score (nSPS) is 11.0. The number of hydrogen-bond acceptors (Lipinski definition) is 4. The van der Waals surface area contributed by atoms with E-state index in [1.165, 1.54) is 23.2 Å². The summed E-state index contributed by atoms with van der Waals surface area (Å²) >= 11 is 1.51. The van der Waals surface area contributed by atoms with Crippen LogP contribution in [-0.2, 0) is 17.6 Å². The van der Waals surface area contributed by atoms with Crippen molar-refractivity contribution in [1.29, 1.82) is 0 Å². The number of rotatable bonds is 4. The van der Waals surface area contributed by atoms with Crippen LogP contribution in [-0.4, -0.2) is 15.6 Å². The van der Waals surface area contributed by atoms with Gasteiger partial charge in [-0.1, -0.05) is 25.1 Å². The number of aromatic nitrogens is 2. The van der Waals surface area contributed by atoms with E-state index in [1.54, 1.807) is 0 Å². The minimum absolute atomic E-state index is 0.218. The first kappa shape index (κ1) is 16.4. The molecular formula is C18H19N3O2S. The number of fused-ring (bicyclic) bond motifs is 1. The number of hydrogen-bond donors (Lipinski definition) is 1. The Morgan fingerprint density at radius 3 is 2.75 bits per heavy atom. The number of nitrogens with one attached hydrogen (secondary N) is 1. The van der Waals surface area contributed by atoms with Gasteiger partial charge in [-0.25, -0.2) is 9.66 Å². The molecule has 3 aromatic rings. The van der Waals surface area contributed by atoms with Gasteiger partial charge in [0.2, 0.25) is 5.91 Å². The Balaban J connectivity index is 1.81. The van der Waals surface area contributed by atoms with Gasteiger partial charge in [0.1, 0.15) is 11.2 Å². The van der Waals surface area contributed by atoms with E-state index in [4.69, 9.17) is 0 Å². The fourth-order valence-corrected chi connectivity index (χ4v) is 3.42. The van der Waals surface area contributed by atoms with Gasteiger partial charge in [0, 0.05) is 4.88 Å². The average Bonchev–Trinajstić information content (AvgIpc) is 2.98. The number of amides is 1. The molecule has 0 aliphatic carbocycles. The zero-order valence-corrected chi connectivity index (χ0v) is 14.7. The van der Waals surface area contributed by atoms with Gasteiger partial charge >= 0.3 is 0 Å². The summed E-state index contributed by atoms with van der Waals surface area (Å²) in [7, 11) is 0. The van der Waals surface area contributed by atoms with Crippen LogP contribution >= 0.6 is 11.3 Å². The molecule has 0 fully saturated rings. The number of benzene rings is 1. The molecule has 124 valence electrons. The van der Waals surface area contributed by atoms with Gasteiger partial charge in [-0.3, -0.25) is 15.0 Å². The number of nitrogens with zero attached hydrogens (tertiary/aromatic N) is 2. The molecule has 0 radical (unpaired) electrons. The van der Waals surface area contributed by atoms with E-state index in [9.17, 15) is 9.59 Å². The molecule has 2 aromatic heterocycles. The smallest absolute Gasteiger partial charge is 0.273 e. The molecule has 0 saturated carbocycles. The van der Waals surface area contributed by atoms with Gasteiger partial charge in [0.25, 0.3) is 5.56 Å². The molecule has 1 aromatic carbocycles. The lowest BCUT2D eigenvalue weighted by atomic mass is 10.0. The highest BCUT2D eigenvalue weighted by Crippen LogP contribution is 2.20. The van der Waals surface area contributed by atoms with Crippen LogP contribution in [0.1, 0.15) is 28.5 Å². The first-order valence-electron chi connectivity index (χ1n) is 7.84. The molecule has 0 bridgehead atoms. The average molecular weight is 341 g/mol. The van der Waals surface area contributed by atoms with E-state index < -0.39 is 0 Å². The van der Waals surface area contributed by atoms with Crippen LogP contribution in [0.2, 0.25) is 0 Å². The van der Waals surface area contributed by atoms with Crippen LogP contribution in [0.15, 0.2) is 35.4 Å². The maximum absolute atomic E-state index is 12.5. The summed E-state index contributed by atoms with van der Waals surface area (Å²) in [4.78, 5) is 30.8. The Hall–Kier alpha value is -2.47. The molecular weight excluding hydrogens is 322 g/mol. The highest BCUT2D eigenvalue weighted by molar-refractivity contribution is 7.18. The lowest BCUT2D eigenvalue weighted by Crippen LogP contribution is -2.33. The fraction of sp³-hybridized carbons (Fsp3) is 0.278. The minimum Gasteiger partial charge on any atom is -0.273 e. The van der Waals surface area contributed by atoms with Gasteiger partial charge in [-0.2, -0.15) is 0 Å². The SMILES string of the molecule is CCc1cc2c(=O)n(NC(=O)Cc3ccc(C)c(C)c3)cnc2s1. The number of carbonyl (C=O) groups excluding carboxylic acids is 1. The predicted molar refractivity (Wildman–Crippen MR) is 97.2 cm³/mol. The van der Waals surface area contributed by atoms with Gasteiger partial charge in [-0.15, -0.1) is 11.3 Å². The zero-order valence-electron chi connectivity index (χ0n) is 13.9. The van der Waals surface area contributed by atoms with E-state index in [0.717, 1.165) is 27.1 Å². The van der Waals surface area contributed by atoms with Crippen molar-refractivity contribution in [3.05, 3.63) is 62.5 Å². The molecule has 1 amide bonds. The first-order chi connectivity index (χ1) is 11.5. The summed E-state index contributed by atoms with van der Waals surface area (Å²) in [5.74, 6) is -0.243. The maximum atomic E-state index is 12.5. The Labute approximate surface area is 143 Å². The van der Waals surface area contributed by atoms with Gasteiger partial charge in [0.05, 0.1) is 11.8 Å². The molecule has 0 spiro atoms. The van der Waals surface area contributed by atoms with Gasteiger partial charge < -0.3 is 0 Å². The summed E-state index contributed by atoms with van der Waals surface area (Å²) in [6.07, 6.45) is 2.45. The Kier molecular flexibility index (Phi) is 4.49. The van der Waals surface area contributed by atoms with E-state index in [2.05, 4.69) is 10.4 Å². The third-order valence-electron chi connectivity index (χ3n) is 4.03. The van der Waals surface area contributed by atoms with Crippen LogP contribution in [0.25, 0.3) is 10.2 Å². The maximum Gasteiger partial charge on any atom is 0.280 e. The first-order valence-corrected chi connectivity index (χ1v) is 8.65. The molecule has 3 rings (SSSR count). The van der Waals surface area contributed by atoms with Crippen LogP contribution < -0.4 is 11.0 Å². The Morgan fingerprint density at radius 1 is 1.25 bits per heavy atom. The van der Waals surface area contributed by atoms with Crippen molar-refractivity contribution in [3.63, 3.8) is 0 Å². The highest BCUT2D eigenvalue weighted by Gasteiger charge is 2.11. The van der Waals surface area contributed by atoms with E-state index in [-0.39, 0.29) is 17.9 Å². The second-order valence-corrected chi connectivity index (χ2v) is 6.95. The topological polar surface area (TPSA) is 64.0 Å². The number of carbonyl (C=O) groups is 1. The van der Waals surface area contributed by atoms with E-state index >= 15 is 0 Å².